The second kappa shape index (κ2) is 6.36. The van der Waals surface area contributed by atoms with E-state index in [4.69, 9.17) is 17.0 Å². The average Bonchev–Trinajstić information content (AvgIpc) is 3.00. The second-order valence-electron chi connectivity index (χ2n) is 6.78. The summed E-state index contributed by atoms with van der Waals surface area (Å²) in [5, 5.41) is 10.4. The van der Waals surface area contributed by atoms with Gasteiger partial charge in [-0.15, -0.1) is 0 Å². The Morgan fingerprint density at radius 2 is 1.61 bits per heavy atom. The van der Waals surface area contributed by atoms with Gasteiger partial charge in [-0.2, -0.15) is 0 Å². The van der Waals surface area contributed by atoms with Crippen molar-refractivity contribution in [2.75, 3.05) is 0 Å². The molecule has 2 aromatic heterocycles. The number of para-hydroxylation sites is 1. The molecule has 0 amide bonds. The molecule has 0 saturated heterocycles. The molecule has 3 aromatic carbocycles. The molecule has 0 bridgehead atoms. The van der Waals surface area contributed by atoms with Crippen LogP contribution in [0.2, 0.25) is 5.02 Å². The summed E-state index contributed by atoms with van der Waals surface area (Å²) in [5.41, 5.74) is 6.37. The van der Waals surface area contributed by atoms with Gasteiger partial charge in [0.1, 0.15) is 0 Å². The molecular weight excluding hydrogens is 368 g/mol. The number of pyridine rings is 1. The molecule has 0 saturated carbocycles. The number of benzene rings is 3. The first-order valence-corrected chi connectivity index (χ1v) is 9.37. The van der Waals surface area contributed by atoms with Gasteiger partial charge in [0.05, 0.1) is 22.7 Å². The quantitative estimate of drug-likeness (QED) is 0.440. The lowest BCUT2D eigenvalue weighted by Gasteiger charge is -2.08. The summed E-state index contributed by atoms with van der Waals surface area (Å²) in [6.45, 7) is 0. The summed E-state index contributed by atoms with van der Waals surface area (Å²) in [4.78, 5) is 4.63. The topological polar surface area (TPSA) is 46.6 Å². The van der Waals surface area contributed by atoms with Gasteiger partial charge in [0.2, 0.25) is 5.62 Å². The Morgan fingerprint density at radius 3 is 2.36 bits per heavy atom. The van der Waals surface area contributed by atoms with Crippen LogP contribution < -0.4 is 5.62 Å². The van der Waals surface area contributed by atoms with Gasteiger partial charge in [-0.25, -0.2) is 0 Å². The van der Waals surface area contributed by atoms with Crippen molar-refractivity contribution in [1.82, 2.24) is 14.1 Å². The Hall–Kier alpha value is -3.37. The lowest BCUT2D eigenvalue weighted by atomic mass is 10.0. The largest absolute Gasteiger partial charge is 0.312 e. The van der Waals surface area contributed by atoms with Crippen LogP contribution in [0.5, 0.6) is 0 Å². The standard InChI is InChI=1S/C23H17ClN4/c1-27-21-14-26-20-12-9-16(15-7-10-17(24)11-8-15)13-19(20)22(21)28(23(27)25)18-5-3-2-4-6-18/h2-14,25H,1H3. The maximum atomic E-state index is 8.66. The summed E-state index contributed by atoms with van der Waals surface area (Å²) in [6, 6.07) is 24.1. The maximum absolute atomic E-state index is 8.66. The summed E-state index contributed by atoms with van der Waals surface area (Å²) in [5.74, 6) is 0. The summed E-state index contributed by atoms with van der Waals surface area (Å²) >= 11 is 6.04. The van der Waals surface area contributed by atoms with E-state index >= 15 is 0 Å². The van der Waals surface area contributed by atoms with Gasteiger partial charge >= 0.3 is 0 Å². The van der Waals surface area contributed by atoms with Crippen LogP contribution in [0.3, 0.4) is 0 Å². The molecule has 0 aliphatic rings. The molecule has 0 unspecified atom stereocenters. The number of aromatic nitrogens is 3. The van der Waals surface area contributed by atoms with Gasteiger partial charge in [0, 0.05) is 23.1 Å². The zero-order chi connectivity index (χ0) is 19.3. The predicted octanol–water partition coefficient (Wildman–Crippen LogP) is 5.32. The van der Waals surface area contributed by atoms with E-state index < -0.39 is 0 Å². The Kier molecular flexibility index (Phi) is 3.81. The van der Waals surface area contributed by atoms with Crippen molar-refractivity contribution < 1.29 is 0 Å². The molecule has 5 aromatic rings. The second-order valence-corrected chi connectivity index (χ2v) is 7.22. The molecule has 5 heteroatoms. The van der Waals surface area contributed by atoms with Gasteiger partial charge in [0.15, 0.2) is 0 Å². The Labute approximate surface area is 166 Å². The van der Waals surface area contributed by atoms with Gasteiger partial charge in [0.25, 0.3) is 0 Å². The van der Waals surface area contributed by atoms with E-state index in [0.717, 1.165) is 43.8 Å². The number of halogens is 1. The molecule has 136 valence electrons. The highest BCUT2D eigenvalue weighted by Crippen LogP contribution is 2.30. The smallest absolute Gasteiger partial charge is 0.207 e. The number of nitrogens with zero attached hydrogens (tertiary/aromatic N) is 3. The molecule has 2 heterocycles. The highest BCUT2D eigenvalue weighted by Gasteiger charge is 2.14. The first-order chi connectivity index (χ1) is 13.6. The Balaban J connectivity index is 1.88. The van der Waals surface area contributed by atoms with Crippen molar-refractivity contribution in [3.63, 3.8) is 0 Å². The van der Waals surface area contributed by atoms with Gasteiger partial charge in [-0.3, -0.25) is 15.0 Å². The molecule has 0 aliphatic heterocycles. The van der Waals surface area contributed by atoms with E-state index in [2.05, 4.69) is 17.1 Å². The van der Waals surface area contributed by atoms with Crippen LogP contribution in [-0.4, -0.2) is 14.1 Å². The molecule has 28 heavy (non-hydrogen) atoms. The minimum absolute atomic E-state index is 0.410. The molecule has 0 fully saturated rings. The maximum Gasteiger partial charge on any atom is 0.207 e. The van der Waals surface area contributed by atoms with Crippen LogP contribution in [0.4, 0.5) is 0 Å². The monoisotopic (exact) mass is 384 g/mol. The van der Waals surface area contributed by atoms with E-state index in [0.29, 0.717) is 5.62 Å². The van der Waals surface area contributed by atoms with Crippen molar-refractivity contribution in [2.45, 2.75) is 0 Å². The third-order valence-electron chi connectivity index (χ3n) is 5.13. The van der Waals surface area contributed by atoms with Crippen LogP contribution in [-0.2, 0) is 7.05 Å². The molecule has 4 nitrogen and oxygen atoms in total. The van der Waals surface area contributed by atoms with E-state index in [9.17, 15) is 0 Å². The average molecular weight is 385 g/mol. The third kappa shape index (κ3) is 2.53. The Morgan fingerprint density at radius 1 is 0.893 bits per heavy atom. The third-order valence-corrected chi connectivity index (χ3v) is 5.38. The summed E-state index contributed by atoms with van der Waals surface area (Å²) in [6.07, 6.45) is 1.84. The van der Waals surface area contributed by atoms with Crippen LogP contribution in [0.15, 0.2) is 79.0 Å². The Bertz CT molecular complexity index is 1380. The van der Waals surface area contributed by atoms with Crippen LogP contribution in [0.1, 0.15) is 0 Å². The lowest BCUT2D eigenvalue weighted by Crippen LogP contribution is -2.21. The fraction of sp³-hybridized carbons (Fsp3) is 0.0435. The lowest BCUT2D eigenvalue weighted by molar-refractivity contribution is 0.788. The van der Waals surface area contributed by atoms with Crippen molar-refractivity contribution in [3.8, 4) is 16.8 Å². The fourth-order valence-corrected chi connectivity index (χ4v) is 3.79. The number of nitrogens with one attached hydrogen (secondary N) is 1. The van der Waals surface area contributed by atoms with E-state index in [1.807, 2.05) is 83.0 Å². The first-order valence-electron chi connectivity index (χ1n) is 8.99. The number of aryl methyl sites for hydroxylation is 1. The number of imidazole rings is 1. The highest BCUT2D eigenvalue weighted by atomic mass is 35.5. The normalized spacial score (nSPS) is 11.4. The molecule has 1 N–H and O–H groups in total. The first kappa shape index (κ1) is 16.8. The van der Waals surface area contributed by atoms with E-state index in [1.165, 1.54) is 0 Å². The molecule has 0 atom stereocenters. The predicted molar refractivity (Wildman–Crippen MR) is 114 cm³/mol. The number of hydrogen-bond donors (Lipinski definition) is 1. The SMILES string of the molecule is Cn1c(=N)n(-c2ccccc2)c2c3cc(-c4ccc(Cl)cc4)ccc3ncc21. The summed E-state index contributed by atoms with van der Waals surface area (Å²) < 4.78 is 3.84. The van der Waals surface area contributed by atoms with E-state index in [1.54, 1.807) is 0 Å². The minimum Gasteiger partial charge on any atom is -0.312 e. The molecule has 0 spiro atoms. The fourth-order valence-electron chi connectivity index (χ4n) is 3.67. The molecular formula is C23H17ClN4. The number of fused-ring (bicyclic) bond motifs is 3. The van der Waals surface area contributed by atoms with Crippen molar-refractivity contribution in [1.29, 1.82) is 5.41 Å². The van der Waals surface area contributed by atoms with Gasteiger partial charge < -0.3 is 4.57 Å². The van der Waals surface area contributed by atoms with Crippen molar-refractivity contribution in [3.05, 3.63) is 89.6 Å². The minimum atomic E-state index is 0.410. The number of rotatable bonds is 2. The van der Waals surface area contributed by atoms with Crippen LogP contribution in [0, 0.1) is 5.41 Å². The van der Waals surface area contributed by atoms with Crippen LogP contribution >= 0.6 is 11.6 Å². The van der Waals surface area contributed by atoms with E-state index in [-0.39, 0.29) is 0 Å². The van der Waals surface area contributed by atoms with Crippen LogP contribution in [0.25, 0.3) is 38.8 Å². The van der Waals surface area contributed by atoms with Crippen molar-refractivity contribution in [2.24, 2.45) is 7.05 Å². The molecule has 0 aliphatic carbocycles. The number of hydrogen-bond acceptors (Lipinski definition) is 2. The molecule has 5 rings (SSSR count). The summed E-state index contributed by atoms with van der Waals surface area (Å²) in [7, 11) is 1.90. The zero-order valence-corrected chi connectivity index (χ0v) is 16.0. The highest BCUT2D eigenvalue weighted by molar-refractivity contribution is 6.30. The zero-order valence-electron chi connectivity index (χ0n) is 15.2. The molecule has 0 radical (unpaired) electrons. The van der Waals surface area contributed by atoms with Gasteiger partial charge in [-0.1, -0.05) is 48.0 Å². The van der Waals surface area contributed by atoms with Crippen molar-refractivity contribution >= 4 is 33.5 Å². The van der Waals surface area contributed by atoms with Gasteiger partial charge in [-0.05, 0) is 47.5 Å².